The minimum atomic E-state index is -2.77. The van der Waals surface area contributed by atoms with E-state index in [1.54, 1.807) is 117 Å². The Morgan fingerprint density at radius 2 is 1.21 bits per heavy atom. The molecule has 0 aliphatic carbocycles. The molecule has 4 aromatic rings. The molecule has 61 heavy (non-hydrogen) atoms. The number of Topliss-reactive ketones (excluding diaryl/α,β-unsaturated/α-hetero) is 1. The summed E-state index contributed by atoms with van der Waals surface area (Å²) in [6.07, 6.45) is -3.39. The highest BCUT2D eigenvalue weighted by Crippen LogP contribution is 2.33. The van der Waals surface area contributed by atoms with Crippen molar-refractivity contribution < 1.29 is 47.8 Å². The average molecular weight is 849 g/mol. The van der Waals surface area contributed by atoms with Crippen LogP contribution < -0.4 is 10.6 Å². The zero-order valence-corrected chi connectivity index (χ0v) is 35.1. The number of ether oxygens (including phenoxy) is 2. The van der Waals surface area contributed by atoms with Crippen LogP contribution in [0.5, 0.6) is 0 Å². The molecule has 0 saturated heterocycles. The van der Waals surface area contributed by atoms with Crippen molar-refractivity contribution in [3.05, 3.63) is 143 Å². The van der Waals surface area contributed by atoms with Crippen LogP contribution in [-0.2, 0) is 48.3 Å². The first-order valence-electron chi connectivity index (χ1n) is 19.7. The van der Waals surface area contributed by atoms with Gasteiger partial charge in [-0.25, -0.2) is 14.5 Å². The summed E-state index contributed by atoms with van der Waals surface area (Å²) in [6, 6.07) is 30.2. The third-order valence-corrected chi connectivity index (χ3v) is 11.0. The van der Waals surface area contributed by atoms with Gasteiger partial charge in [-0.15, -0.1) is 0 Å². The third kappa shape index (κ3) is 11.2. The van der Waals surface area contributed by atoms with Crippen LogP contribution in [0.4, 0.5) is 9.59 Å². The van der Waals surface area contributed by atoms with Gasteiger partial charge in [-0.3, -0.25) is 33.7 Å². The van der Waals surface area contributed by atoms with Gasteiger partial charge in [0.25, 0.3) is 17.7 Å². The van der Waals surface area contributed by atoms with E-state index in [2.05, 4.69) is 10.6 Å². The fraction of sp³-hybridized carbons (Fsp3) is 0.304. The van der Waals surface area contributed by atoms with Crippen molar-refractivity contribution in [1.82, 2.24) is 20.4 Å². The number of alkyl carbamates (subject to hydrolysis) is 1. The summed E-state index contributed by atoms with van der Waals surface area (Å²) in [5, 5.41) is 2.97. The molecule has 0 radical (unpaired) electrons. The predicted octanol–water partition coefficient (Wildman–Crippen LogP) is 6.12. The maximum atomic E-state index is 15.6. The number of carbonyl (C=O) groups excluding carboxylic acids is 8. The molecule has 2 N–H and O–H groups in total. The molecule has 0 saturated carbocycles. The van der Waals surface area contributed by atoms with E-state index >= 15 is 9.59 Å². The van der Waals surface area contributed by atoms with Crippen LogP contribution >= 0.6 is 11.8 Å². The number of amides is 6. The van der Waals surface area contributed by atoms with Crippen molar-refractivity contribution in [2.24, 2.45) is 5.92 Å². The van der Waals surface area contributed by atoms with Crippen LogP contribution in [0.1, 0.15) is 71.0 Å². The summed E-state index contributed by atoms with van der Waals surface area (Å²) in [5.41, 5.74) is -0.897. The number of thioether (sulfide) groups is 1. The molecule has 1 heterocycles. The Morgan fingerprint density at radius 1 is 0.721 bits per heavy atom. The van der Waals surface area contributed by atoms with Crippen molar-refractivity contribution in [3.8, 4) is 0 Å². The second-order valence-corrected chi connectivity index (χ2v) is 16.1. The summed E-state index contributed by atoms with van der Waals surface area (Å²) >= 11 is 0.505. The molecule has 1 aliphatic heterocycles. The number of rotatable bonds is 18. The Bertz CT molecular complexity index is 2200. The monoisotopic (exact) mass is 848 g/mol. The van der Waals surface area contributed by atoms with E-state index in [9.17, 15) is 28.8 Å². The van der Waals surface area contributed by atoms with E-state index in [0.29, 0.717) is 33.4 Å². The van der Waals surface area contributed by atoms with E-state index in [4.69, 9.17) is 9.47 Å². The quantitative estimate of drug-likeness (QED) is 0.0868. The highest BCUT2D eigenvalue weighted by molar-refractivity contribution is 8.14. The molecule has 318 valence electrons. The van der Waals surface area contributed by atoms with Gasteiger partial charge in [0.1, 0.15) is 13.2 Å². The van der Waals surface area contributed by atoms with Crippen molar-refractivity contribution in [2.45, 2.75) is 70.1 Å². The van der Waals surface area contributed by atoms with E-state index in [0.717, 1.165) is 4.90 Å². The Morgan fingerprint density at radius 3 is 1.70 bits per heavy atom. The van der Waals surface area contributed by atoms with E-state index in [-0.39, 0.29) is 49.6 Å². The van der Waals surface area contributed by atoms with E-state index < -0.39 is 70.0 Å². The topological polar surface area (TPSA) is 186 Å². The van der Waals surface area contributed by atoms with E-state index in [1.807, 2.05) is 0 Å². The Hall–Kier alpha value is -6.61. The van der Waals surface area contributed by atoms with Gasteiger partial charge in [0, 0.05) is 26.9 Å². The maximum Gasteiger partial charge on any atom is 0.418 e. The molecule has 5 rings (SSSR count). The van der Waals surface area contributed by atoms with Crippen LogP contribution in [-0.4, -0.2) is 86.9 Å². The van der Waals surface area contributed by atoms with Gasteiger partial charge in [0.05, 0.1) is 22.4 Å². The second-order valence-electron chi connectivity index (χ2n) is 14.8. The zero-order valence-electron chi connectivity index (χ0n) is 34.3. The van der Waals surface area contributed by atoms with Gasteiger partial charge in [0.15, 0.2) is 16.4 Å². The largest absolute Gasteiger partial charge is 0.445 e. The van der Waals surface area contributed by atoms with Gasteiger partial charge in [-0.1, -0.05) is 129 Å². The number of fused-ring (bicyclic) bond motifs is 1. The highest BCUT2D eigenvalue weighted by atomic mass is 32.2. The lowest BCUT2D eigenvalue weighted by atomic mass is 9.78. The zero-order chi connectivity index (χ0) is 44.1. The van der Waals surface area contributed by atoms with Gasteiger partial charge in [0.2, 0.25) is 5.91 Å². The third-order valence-electron chi connectivity index (χ3n) is 9.91. The standard InChI is InChI=1S/C46H48N4O10S/c1-30(2)26-37(48-44(57)59-28-33-18-10-6-11-19-33)39(52)46(43(56)47-4,27-32-16-8-5-9-17-32)50(45(58)60-29-34-20-12-7-13-21-34)42(55)38(61-31(3)51)24-25-49-40(53)35-22-14-15-23-36(35)41(49)54/h5-23,30,37-38H,24-29H2,1-4H3,(H,47,56)(H,48,57)/t37-,38?,46+/m0/s1. The molecule has 3 atom stereocenters. The fourth-order valence-electron chi connectivity index (χ4n) is 7.05. The van der Waals surface area contributed by atoms with Gasteiger partial charge in [-0.2, -0.15) is 0 Å². The number of carbonyl (C=O) groups is 8. The van der Waals surface area contributed by atoms with Gasteiger partial charge < -0.3 is 20.1 Å². The summed E-state index contributed by atoms with van der Waals surface area (Å²) in [4.78, 5) is 115. The number of likely N-dealkylation sites (N-methyl/N-ethyl adjacent to an activating group) is 1. The molecule has 14 nitrogen and oxygen atoms in total. The molecular weight excluding hydrogens is 801 g/mol. The number of hydrogen-bond donors (Lipinski definition) is 2. The smallest absolute Gasteiger partial charge is 0.418 e. The van der Waals surface area contributed by atoms with Crippen molar-refractivity contribution >= 4 is 58.5 Å². The lowest BCUT2D eigenvalue weighted by molar-refractivity contribution is -0.154. The van der Waals surface area contributed by atoms with Crippen molar-refractivity contribution in [2.75, 3.05) is 13.6 Å². The van der Waals surface area contributed by atoms with Gasteiger partial charge >= 0.3 is 12.2 Å². The Labute approximate surface area is 358 Å². The molecular formula is C46H48N4O10S. The first-order valence-corrected chi connectivity index (χ1v) is 20.6. The number of ketones is 1. The van der Waals surface area contributed by atoms with Crippen molar-refractivity contribution in [3.63, 3.8) is 0 Å². The average Bonchev–Trinajstić information content (AvgIpc) is 3.50. The molecule has 15 heteroatoms. The number of nitrogens with zero attached hydrogens (tertiary/aromatic N) is 2. The Kier molecular flexibility index (Phi) is 15.7. The molecule has 0 aromatic heterocycles. The first kappa shape index (κ1) is 45.5. The van der Waals surface area contributed by atoms with Gasteiger partial charge in [-0.05, 0) is 47.6 Å². The normalized spacial score (nSPS) is 14.0. The molecule has 0 bridgehead atoms. The summed E-state index contributed by atoms with van der Waals surface area (Å²) in [7, 11) is 1.23. The molecule has 1 aliphatic rings. The number of nitrogens with one attached hydrogen (secondary N) is 2. The van der Waals surface area contributed by atoms with Crippen LogP contribution in [0.15, 0.2) is 115 Å². The Balaban J connectivity index is 1.63. The lowest BCUT2D eigenvalue weighted by Crippen LogP contribution is -2.72. The molecule has 1 unspecified atom stereocenters. The number of hydrogen-bond acceptors (Lipinski definition) is 11. The molecule has 0 spiro atoms. The molecule has 6 amide bonds. The predicted molar refractivity (Wildman–Crippen MR) is 227 cm³/mol. The fourth-order valence-corrected chi connectivity index (χ4v) is 7.88. The summed E-state index contributed by atoms with van der Waals surface area (Å²) in [6.45, 7) is 3.87. The van der Waals surface area contributed by atoms with Crippen LogP contribution in [0, 0.1) is 5.92 Å². The second kappa shape index (κ2) is 21.1. The molecule has 4 aromatic carbocycles. The minimum absolute atomic E-state index is 0.0563. The number of imide groups is 2. The van der Waals surface area contributed by atoms with E-state index in [1.165, 1.54) is 26.1 Å². The SMILES string of the molecule is CNC(=O)[C@@](Cc1ccccc1)(C(=O)[C@H](CC(C)C)NC(=O)OCc1ccccc1)N(C(=O)OCc1ccccc1)C(=O)C(CCN1C(=O)c2ccccc2C1=O)SC(C)=O. The summed E-state index contributed by atoms with van der Waals surface area (Å²) in [5.74, 6) is -4.82. The van der Waals surface area contributed by atoms with Crippen LogP contribution in [0.2, 0.25) is 0 Å². The van der Waals surface area contributed by atoms with Crippen LogP contribution in [0.3, 0.4) is 0 Å². The molecule has 0 fully saturated rings. The first-order chi connectivity index (χ1) is 29.3. The number of benzene rings is 4. The lowest BCUT2D eigenvalue weighted by Gasteiger charge is -2.42. The van der Waals surface area contributed by atoms with Crippen molar-refractivity contribution in [1.29, 1.82) is 0 Å². The highest BCUT2D eigenvalue weighted by Gasteiger charge is 2.59. The minimum Gasteiger partial charge on any atom is -0.445 e. The summed E-state index contributed by atoms with van der Waals surface area (Å²) < 4.78 is 11.2. The van der Waals surface area contributed by atoms with Crippen LogP contribution in [0.25, 0.3) is 0 Å². The maximum absolute atomic E-state index is 15.6.